The van der Waals surface area contributed by atoms with Crippen molar-refractivity contribution in [2.24, 2.45) is 11.8 Å². The number of nitrogens with zero attached hydrogens (tertiary/aromatic N) is 4. The topological polar surface area (TPSA) is 77.3 Å². The molecule has 36 heavy (non-hydrogen) atoms. The lowest BCUT2D eigenvalue weighted by molar-refractivity contribution is -0.124. The van der Waals surface area contributed by atoms with Gasteiger partial charge in [-0.15, -0.1) is 11.3 Å². The molecule has 3 aliphatic carbocycles. The largest absolute Gasteiger partial charge is 0.465 e. The molecule has 2 aromatic rings. The summed E-state index contributed by atoms with van der Waals surface area (Å²) >= 11 is 1.49. The van der Waals surface area contributed by atoms with Crippen molar-refractivity contribution in [1.29, 1.82) is 0 Å². The van der Waals surface area contributed by atoms with Gasteiger partial charge in [-0.1, -0.05) is 13.0 Å². The molecule has 7 nitrogen and oxygen atoms in total. The molecule has 0 aliphatic heterocycles. The summed E-state index contributed by atoms with van der Waals surface area (Å²) in [7, 11) is 1.43. The van der Waals surface area contributed by atoms with E-state index in [1.807, 2.05) is 9.58 Å². The minimum Gasteiger partial charge on any atom is -0.465 e. The Kier molecular flexibility index (Phi) is 7.89. The highest BCUT2D eigenvalue weighted by molar-refractivity contribution is 7.15. The Morgan fingerprint density at radius 1 is 1.08 bits per heavy atom. The van der Waals surface area contributed by atoms with Crippen molar-refractivity contribution >= 4 is 34.5 Å². The number of allylic oxidation sites excluding steroid dienone is 2. The molecule has 0 atom stereocenters. The number of hydrogen-bond acceptors (Lipinski definition) is 6. The molecule has 8 heteroatoms. The van der Waals surface area contributed by atoms with Gasteiger partial charge in [0.25, 0.3) is 0 Å². The predicted molar refractivity (Wildman–Crippen MR) is 142 cm³/mol. The van der Waals surface area contributed by atoms with Crippen molar-refractivity contribution in [3.63, 3.8) is 0 Å². The Balaban J connectivity index is 1.48. The van der Waals surface area contributed by atoms with E-state index in [0.29, 0.717) is 16.8 Å². The first kappa shape index (κ1) is 25.2. The second-order valence-corrected chi connectivity index (χ2v) is 11.8. The van der Waals surface area contributed by atoms with E-state index in [1.165, 1.54) is 36.9 Å². The maximum absolute atomic E-state index is 14.2. The summed E-state index contributed by atoms with van der Waals surface area (Å²) in [5, 5.41) is 4.35. The number of amides is 1. The van der Waals surface area contributed by atoms with Crippen LogP contribution in [0.15, 0.2) is 24.8 Å². The fourth-order valence-corrected chi connectivity index (χ4v) is 7.34. The lowest BCUT2D eigenvalue weighted by Crippen LogP contribution is -2.46. The third-order valence-electron chi connectivity index (χ3n) is 8.39. The van der Waals surface area contributed by atoms with Gasteiger partial charge in [-0.3, -0.25) is 4.79 Å². The second-order valence-electron chi connectivity index (χ2n) is 10.8. The fraction of sp³-hybridized carbons (Fsp3) is 0.643. The maximum Gasteiger partial charge on any atom is 0.350 e. The molecule has 2 saturated carbocycles. The second kappa shape index (κ2) is 11.3. The van der Waals surface area contributed by atoms with Gasteiger partial charge in [-0.2, -0.15) is 5.10 Å². The van der Waals surface area contributed by atoms with Gasteiger partial charge in [-0.05, 0) is 94.6 Å². The number of esters is 1. The molecule has 0 bridgehead atoms. The van der Waals surface area contributed by atoms with Crippen molar-refractivity contribution in [3.8, 4) is 0 Å². The SMILES string of the molecule is COC(=O)c1sc(C2=CCCCC2)cc1N(C(=O)[C@H]1CC[C@H](C)CC1)C1CCC(n2cncn2)CC1. The third-order valence-corrected chi connectivity index (χ3v) is 9.57. The molecule has 0 aromatic carbocycles. The van der Waals surface area contributed by atoms with Crippen molar-refractivity contribution < 1.29 is 14.3 Å². The Morgan fingerprint density at radius 3 is 2.50 bits per heavy atom. The maximum atomic E-state index is 14.2. The standard InChI is InChI=1S/C28H38N4O3S/c1-19-8-10-21(11-9-19)27(33)32(23-14-12-22(13-15-23)31-18-29-17-30-31)24-16-25(20-6-4-3-5-7-20)36-26(24)28(34)35-2/h6,16-19,21-23H,3-5,7-15H2,1-2H3/t19-,21-,22?,23?. The van der Waals surface area contributed by atoms with Crippen LogP contribution in [0.25, 0.3) is 5.57 Å². The Hall–Kier alpha value is -2.48. The third kappa shape index (κ3) is 5.29. The van der Waals surface area contributed by atoms with Gasteiger partial charge in [0.15, 0.2) is 0 Å². The van der Waals surface area contributed by atoms with Gasteiger partial charge >= 0.3 is 5.97 Å². The summed E-state index contributed by atoms with van der Waals surface area (Å²) in [6.07, 6.45) is 17.8. The minimum atomic E-state index is -0.343. The zero-order valence-electron chi connectivity index (χ0n) is 21.5. The zero-order valence-corrected chi connectivity index (χ0v) is 22.3. The van der Waals surface area contributed by atoms with E-state index in [1.54, 1.807) is 12.7 Å². The normalized spacial score (nSPS) is 26.8. The monoisotopic (exact) mass is 510 g/mol. The lowest BCUT2D eigenvalue weighted by Gasteiger charge is -2.39. The Labute approximate surface area is 217 Å². The molecule has 2 heterocycles. The van der Waals surface area contributed by atoms with Gasteiger partial charge in [-0.25, -0.2) is 14.5 Å². The molecule has 194 valence electrons. The van der Waals surface area contributed by atoms with Gasteiger partial charge < -0.3 is 9.64 Å². The van der Waals surface area contributed by atoms with E-state index < -0.39 is 0 Å². The Bertz CT molecular complexity index is 1080. The molecule has 3 aliphatic rings. The highest BCUT2D eigenvalue weighted by Crippen LogP contribution is 2.43. The number of carbonyl (C=O) groups excluding carboxylic acids is 2. The molecule has 2 aromatic heterocycles. The van der Waals surface area contributed by atoms with Crippen LogP contribution in [-0.4, -0.2) is 39.8 Å². The van der Waals surface area contributed by atoms with Gasteiger partial charge in [0.2, 0.25) is 5.91 Å². The number of rotatable bonds is 6. The highest BCUT2D eigenvalue weighted by Gasteiger charge is 2.38. The van der Waals surface area contributed by atoms with E-state index >= 15 is 0 Å². The number of anilines is 1. The quantitative estimate of drug-likeness (QED) is 0.419. The van der Waals surface area contributed by atoms with Crippen molar-refractivity contribution in [2.75, 3.05) is 12.0 Å². The predicted octanol–water partition coefficient (Wildman–Crippen LogP) is 6.43. The van der Waals surface area contributed by atoms with Crippen LogP contribution in [0.2, 0.25) is 0 Å². The number of ether oxygens (including phenoxy) is 1. The van der Waals surface area contributed by atoms with E-state index in [4.69, 9.17) is 4.74 Å². The van der Waals surface area contributed by atoms with Crippen LogP contribution in [-0.2, 0) is 9.53 Å². The summed E-state index contributed by atoms with van der Waals surface area (Å²) in [5.74, 6) is 0.552. The van der Waals surface area contributed by atoms with Crippen molar-refractivity contribution in [1.82, 2.24) is 14.8 Å². The highest BCUT2D eigenvalue weighted by atomic mass is 32.1. The molecule has 2 fully saturated rings. The van der Waals surface area contributed by atoms with E-state index in [9.17, 15) is 9.59 Å². The van der Waals surface area contributed by atoms with Crippen LogP contribution in [0.5, 0.6) is 0 Å². The minimum absolute atomic E-state index is 0.0250. The van der Waals surface area contributed by atoms with Crippen LogP contribution < -0.4 is 4.90 Å². The molecule has 0 N–H and O–H groups in total. The van der Waals surface area contributed by atoms with Crippen LogP contribution in [0.1, 0.15) is 105 Å². The lowest BCUT2D eigenvalue weighted by atomic mass is 9.81. The van der Waals surface area contributed by atoms with Crippen molar-refractivity contribution in [2.45, 2.75) is 96.1 Å². The first-order valence-corrected chi connectivity index (χ1v) is 14.5. The average molecular weight is 511 g/mol. The molecule has 0 spiro atoms. The van der Waals surface area contributed by atoms with Crippen LogP contribution in [0, 0.1) is 11.8 Å². The van der Waals surface area contributed by atoms with Crippen LogP contribution in [0.3, 0.4) is 0 Å². The van der Waals surface area contributed by atoms with Crippen molar-refractivity contribution in [3.05, 3.63) is 34.6 Å². The Morgan fingerprint density at radius 2 is 1.86 bits per heavy atom. The van der Waals surface area contributed by atoms with Gasteiger partial charge in [0.05, 0.1) is 18.8 Å². The molecule has 1 amide bonds. The van der Waals surface area contributed by atoms with Crippen LogP contribution in [0.4, 0.5) is 5.69 Å². The first-order valence-electron chi connectivity index (χ1n) is 13.6. The summed E-state index contributed by atoms with van der Waals surface area (Å²) < 4.78 is 7.16. The smallest absolute Gasteiger partial charge is 0.350 e. The average Bonchev–Trinajstić information content (AvgIpc) is 3.61. The summed E-state index contributed by atoms with van der Waals surface area (Å²) in [4.78, 5) is 35.0. The number of methoxy groups -OCH3 is 1. The number of thiophene rings is 1. The van der Waals surface area contributed by atoms with E-state index in [-0.39, 0.29) is 23.8 Å². The molecule has 5 rings (SSSR count). The molecule has 0 saturated heterocycles. The summed E-state index contributed by atoms with van der Waals surface area (Å²) in [5.41, 5.74) is 2.07. The number of aromatic nitrogens is 3. The molecule has 0 unspecified atom stereocenters. The number of carbonyl (C=O) groups is 2. The van der Waals surface area contributed by atoms with E-state index in [2.05, 4.69) is 29.1 Å². The van der Waals surface area contributed by atoms with Gasteiger partial charge in [0.1, 0.15) is 17.5 Å². The molecule has 0 radical (unpaired) electrons. The first-order chi connectivity index (χ1) is 17.5. The number of hydrogen-bond donors (Lipinski definition) is 0. The zero-order chi connectivity index (χ0) is 25.1. The van der Waals surface area contributed by atoms with E-state index in [0.717, 1.165) is 74.8 Å². The van der Waals surface area contributed by atoms with Gasteiger partial charge in [0, 0.05) is 16.8 Å². The van der Waals surface area contributed by atoms with Crippen LogP contribution >= 0.6 is 11.3 Å². The molecular formula is C28H38N4O3S. The molecular weight excluding hydrogens is 472 g/mol. The fourth-order valence-electron chi connectivity index (χ4n) is 6.21. The summed E-state index contributed by atoms with van der Waals surface area (Å²) in [6.45, 7) is 2.28. The summed E-state index contributed by atoms with van der Waals surface area (Å²) in [6, 6.07) is 2.49.